The first-order valence-corrected chi connectivity index (χ1v) is 20.7. The van der Waals surface area contributed by atoms with Gasteiger partial charge in [-0.15, -0.1) is 0 Å². The van der Waals surface area contributed by atoms with Crippen molar-refractivity contribution in [3.8, 4) is 34.4 Å². The van der Waals surface area contributed by atoms with Crippen molar-refractivity contribution in [3.05, 3.63) is 206 Å². The number of nitrogens with zero attached hydrogens (tertiary/aromatic N) is 6. The molecule has 1 atom stereocenters. The van der Waals surface area contributed by atoms with Crippen molar-refractivity contribution in [2.45, 2.75) is 10.3 Å². The Kier molecular flexibility index (Phi) is 7.74. The first-order valence-electron chi connectivity index (χ1n) is 19.8. The van der Waals surface area contributed by atoms with Crippen molar-refractivity contribution in [3.63, 3.8) is 0 Å². The zero-order chi connectivity index (χ0) is 38.9. The number of rotatable bonds is 6. The van der Waals surface area contributed by atoms with E-state index in [0.29, 0.717) is 17.6 Å². The van der Waals surface area contributed by atoms with Gasteiger partial charge in [0.2, 0.25) is 5.95 Å². The highest BCUT2D eigenvalue weighted by Gasteiger charge is 2.33. The van der Waals surface area contributed by atoms with Crippen molar-refractivity contribution < 1.29 is 0 Å². The second kappa shape index (κ2) is 13.6. The van der Waals surface area contributed by atoms with Crippen LogP contribution in [0.2, 0.25) is 0 Å². The van der Waals surface area contributed by atoms with E-state index in [2.05, 4.69) is 178 Å². The van der Waals surface area contributed by atoms with Crippen LogP contribution in [0.1, 0.15) is 10.9 Å². The highest BCUT2D eigenvalue weighted by atomic mass is 32.2. The van der Waals surface area contributed by atoms with E-state index < -0.39 is 0 Å². The molecule has 0 spiro atoms. The Labute approximate surface area is 344 Å². The van der Waals surface area contributed by atoms with Crippen molar-refractivity contribution >= 4 is 66.7 Å². The summed E-state index contributed by atoms with van der Waals surface area (Å²) in [5.41, 5.74) is 10.9. The summed E-state index contributed by atoms with van der Waals surface area (Å²) in [5, 5.41) is 4.67. The van der Waals surface area contributed by atoms with E-state index in [-0.39, 0.29) is 5.37 Å². The van der Waals surface area contributed by atoms with Gasteiger partial charge in [0.15, 0.2) is 11.6 Å². The van der Waals surface area contributed by atoms with E-state index >= 15 is 0 Å². The van der Waals surface area contributed by atoms with E-state index in [1.165, 1.54) is 21.5 Å². The van der Waals surface area contributed by atoms with E-state index in [9.17, 15) is 0 Å². The van der Waals surface area contributed by atoms with Gasteiger partial charge in [-0.2, -0.15) is 9.97 Å². The van der Waals surface area contributed by atoms with Gasteiger partial charge in [0.05, 0.1) is 27.8 Å². The molecule has 1 aliphatic rings. The van der Waals surface area contributed by atoms with Crippen LogP contribution in [0.3, 0.4) is 0 Å². The van der Waals surface area contributed by atoms with Gasteiger partial charge < -0.3 is 9.47 Å². The fourth-order valence-electron chi connectivity index (χ4n) is 8.75. The van der Waals surface area contributed by atoms with E-state index in [4.69, 9.17) is 15.0 Å². The molecule has 4 heterocycles. The third-order valence-corrected chi connectivity index (χ3v) is 12.7. The third-order valence-electron chi connectivity index (χ3n) is 11.4. The average molecular weight is 775 g/mol. The predicted octanol–water partition coefficient (Wildman–Crippen LogP) is 13.3. The molecule has 0 saturated carbocycles. The van der Waals surface area contributed by atoms with Crippen LogP contribution in [-0.2, 0) is 0 Å². The summed E-state index contributed by atoms with van der Waals surface area (Å²) in [6.45, 7) is 0. The normalized spacial score (nSPS) is 13.8. The molecule has 8 aromatic carbocycles. The largest absolute Gasteiger partial charge is 0.323 e. The SMILES string of the molecule is c1ccc(-c2nc(-c3ccccc3)nc(-n3c4ccc(N5c6ccccc6SC5c5ccccc5)cc4c4cc5c(cc43)c3ccccc3n5-c3ccccc3)n2)cc1. The lowest BCUT2D eigenvalue weighted by atomic mass is 10.1. The number of hydrogen-bond donors (Lipinski definition) is 0. The van der Waals surface area contributed by atoms with Crippen LogP contribution in [0, 0.1) is 0 Å². The van der Waals surface area contributed by atoms with Crippen LogP contribution in [0.4, 0.5) is 11.4 Å². The predicted molar refractivity (Wildman–Crippen MR) is 243 cm³/mol. The molecule has 0 amide bonds. The quantitative estimate of drug-likeness (QED) is 0.168. The Hall–Kier alpha value is -7.48. The Balaban J connectivity index is 1.18. The summed E-state index contributed by atoms with van der Waals surface area (Å²) >= 11 is 1.90. The molecule has 11 aromatic rings. The Morgan fingerprint density at radius 1 is 0.390 bits per heavy atom. The van der Waals surface area contributed by atoms with Crippen molar-refractivity contribution in [1.82, 2.24) is 24.1 Å². The highest BCUT2D eigenvalue weighted by Crippen LogP contribution is 2.55. The van der Waals surface area contributed by atoms with Gasteiger partial charge in [0, 0.05) is 48.9 Å². The van der Waals surface area contributed by atoms with Crippen LogP contribution in [0.5, 0.6) is 0 Å². The van der Waals surface area contributed by atoms with Crippen LogP contribution >= 0.6 is 11.8 Å². The number of fused-ring (bicyclic) bond motifs is 7. The van der Waals surface area contributed by atoms with Crippen molar-refractivity contribution in [1.29, 1.82) is 0 Å². The summed E-state index contributed by atoms with van der Waals surface area (Å²) in [4.78, 5) is 19.3. The Morgan fingerprint density at radius 3 is 1.64 bits per heavy atom. The van der Waals surface area contributed by atoms with E-state index in [0.717, 1.165) is 60.7 Å². The molecule has 0 fully saturated rings. The molecule has 12 rings (SSSR count). The van der Waals surface area contributed by atoms with Gasteiger partial charge in [-0.3, -0.25) is 4.57 Å². The lowest BCUT2D eigenvalue weighted by Gasteiger charge is -2.27. The topological polar surface area (TPSA) is 51.8 Å². The van der Waals surface area contributed by atoms with Crippen LogP contribution in [0.15, 0.2) is 205 Å². The van der Waals surface area contributed by atoms with Gasteiger partial charge in [-0.25, -0.2) is 4.98 Å². The van der Waals surface area contributed by atoms with Crippen LogP contribution in [0.25, 0.3) is 78.0 Å². The van der Waals surface area contributed by atoms with Gasteiger partial charge in [-0.05, 0) is 66.2 Å². The molecular formula is C52H34N6S. The summed E-state index contributed by atoms with van der Waals surface area (Å²) in [5.74, 6) is 1.82. The molecule has 0 N–H and O–H groups in total. The number of anilines is 2. The summed E-state index contributed by atoms with van der Waals surface area (Å²) in [6, 6.07) is 70.9. The second-order valence-corrected chi connectivity index (χ2v) is 16.0. The zero-order valence-electron chi connectivity index (χ0n) is 31.7. The fourth-order valence-corrected chi connectivity index (χ4v) is 10.1. The minimum atomic E-state index is 0.0807. The molecule has 59 heavy (non-hydrogen) atoms. The molecule has 0 bridgehead atoms. The number of thioether (sulfide) groups is 1. The van der Waals surface area contributed by atoms with Crippen molar-refractivity contribution in [2.24, 2.45) is 0 Å². The van der Waals surface area contributed by atoms with E-state index in [1.807, 2.05) is 48.2 Å². The molecule has 0 radical (unpaired) electrons. The molecule has 0 aliphatic carbocycles. The lowest BCUT2D eigenvalue weighted by molar-refractivity contribution is 0.952. The molecule has 1 unspecified atom stereocenters. The summed E-state index contributed by atoms with van der Waals surface area (Å²) < 4.78 is 4.63. The molecule has 3 aromatic heterocycles. The fraction of sp³-hybridized carbons (Fsp3) is 0.0192. The average Bonchev–Trinajstić information content (AvgIpc) is 3.97. The number of para-hydroxylation sites is 3. The second-order valence-electron chi connectivity index (χ2n) is 14.8. The van der Waals surface area contributed by atoms with Gasteiger partial charge >= 0.3 is 0 Å². The van der Waals surface area contributed by atoms with Gasteiger partial charge in [-0.1, -0.05) is 151 Å². The summed E-state index contributed by atoms with van der Waals surface area (Å²) in [6.07, 6.45) is 0. The molecule has 0 saturated heterocycles. The standard InChI is InChI=1S/C52H34N6S/c1-5-17-34(18-6-1)49-53-50(35-19-7-2-8-20-35)55-52(54-49)58-44-30-29-38(57-45-27-15-16-28-48(45)59-51(57)36-21-9-3-10-22-36)31-40(44)42-33-46-41(32-47(42)58)39-25-13-14-26-43(39)56(46)37-23-11-4-12-24-37/h1-33,51H. The molecule has 6 nitrogen and oxygen atoms in total. The highest BCUT2D eigenvalue weighted by molar-refractivity contribution is 8.00. The molecule has 278 valence electrons. The Morgan fingerprint density at radius 2 is 0.932 bits per heavy atom. The van der Waals surface area contributed by atoms with Crippen LogP contribution in [-0.4, -0.2) is 24.1 Å². The number of hydrogen-bond acceptors (Lipinski definition) is 5. The third kappa shape index (κ3) is 5.47. The molecular weight excluding hydrogens is 741 g/mol. The first-order chi connectivity index (χ1) is 29.3. The number of aromatic nitrogens is 5. The molecule has 1 aliphatic heterocycles. The van der Waals surface area contributed by atoms with Gasteiger partial charge in [0.25, 0.3) is 0 Å². The zero-order valence-corrected chi connectivity index (χ0v) is 32.5. The smallest absolute Gasteiger partial charge is 0.238 e. The maximum Gasteiger partial charge on any atom is 0.238 e. The maximum atomic E-state index is 5.27. The summed E-state index contributed by atoms with van der Waals surface area (Å²) in [7, 11) is 0. The van der Waals surface area contributed by atoms with Crippen LogP contribution < -0.4 is 4.90 Å². The number of benzene rings is 8. The van der Waals surface area contributed by atoms with Crippen molar-refractivity contribution in [2.75, 3.05) is 4.90 Å². The first kappa shape index (κ1) is 33.6. The minimum Gasteiger partial charge on any atom is -0.323 e. The minimum absolute atomic E-state index is 0.0807. The van der Waals surface area contributed by atoms with Gasteiger partial charge in [0.1, 0.15) is 5.37 Å². The van der Waals surface area contributed by atoms with E-state index in [1.54, 1.807) is 0 Å². The monoisotopic (exact) mass is 774 g/mol. The lowest BCUT2D eigenvalue weighted by Crippen LogP contribution is -2.17. The Bertz CT molecular complexity index is 3300. The molecule has 7 heteroatoms. The maximum absolute atomic E-state index is 5.27.